The van der Waals surface area contributed by atoms with Gasteiger partial charge in [0.25, 0.3) is 5.91 Å². The van der Waals surface area contributed by atoms with Crippen molar-refractivity contribution in [1.82, 2.24) is 10.3 Å². The van der Waals surface area contributed by atoms with Crippen LogP contribution in [0.5, 0.6) is 11.5 Å². The molecule has 1 unspecified atom stereocenters. The first-order valence-electron chi connectivity index (χ1n) is 10.7. The summed E-state index contributed by atoms with van der Waals surface area (Å²) in [5.74, 6) is 2.22. The number of para-hydroxylation sites is 2. The standard InChI is InChI=1S/C25H28N4O3/c1-31-22-10-6-7-18(24(22)32-2)15-26-21-13-14-29(17-21)23-12-11-19(16-27-23)25(30)28-20-8-4-3-5-9-20/h3-12,16,21,26H,13-15,17H2,1-2H3,(H,28,30). The quantitative estimate of drug-likeness (QED) is 0.565. The van der Waals surface area contributed by atoms with Gasteiger partial charge in [-0.2, -0.15) is 0 Å². The van der Waals surface area contributed by atoms with Gasteiger partial charge in [-0.15, -0.1) is 0 Å². The molecule has 1 aliphatic rings. The van der Waals surface area contributed by atoms with Gasteiger partial charge in [0.15, 0.2) is 11.5 Å². The molecule has 2 heterocycles. The lowest BCUT2D eigenvalue weighted by Gasteiger charge is -2.19. The van der Waals surface area contributed by atoms with Crippen LogP contribution in [-0.2, 0) is 6.54 Å². The first-order valence-corrected chi connectivity index (χ1v) is 10.7. The molecular weight excluding hydrogens is 404 g/mol. The molecule has 1 amide bonds. The largest absolute Gasteiger partial charge is 0.493 e. The predicted octanol–water partition coefficient (Wildman–Crippen LogP) is 3.72. The van der Waals surface area contributed by atoms with Crippen molar-refractivity contribution in [1.29, 1.82) is 0 Å². The maximum atomic E-state index is 12.4. The monoisotopic (exact) mass is 432 g/mol. The molecule has 7 heteroatoms. The fourth-order valence-corrected chi connectivity index (χ4v) is 3.91. The van der Waals surface area contributed by atoms with E-state index in [9.17, 15) is 4.79 Å². The number of pyridine rings is 1. The molecule has 1 atom stereocenters. The van der Waals surface area contributed by atoms with Crippen molar-refractivity contribution in [2.45, 2.75) is 19.0 Å². The lowest BCUT2D eigenvalue weighted by molar-refractivity contribution is 0.102. The SMILES string of the molecule is COc1cccc(CNC2CCN(c3ccc(C(=O)Nc4ccccc4)cn3)C2)c1OC. The first-order chi connectivity index (χ1) is 15.7. The molecular formula is C25H28N4O3. The summed E-state index contributed by atoms with van der Waals surface area (Å²) in [6.45, 7) is 2.47. The number of anilines is 2. The van der Waals surface area contributed by atoms with Crippen molar-refractivity contribution in [3.8, 4) is 11.5 Å². The number of ether oxygens (including phenoxy) is 2. The van der Waals surface area contributed by atoms with E-state index in [1.54, 1.807) is 20.4 Å². The molecule has 0 saturated carbocycles. The minimum atomic E-state index is -0.163. The van der Waals surface area contributed by atoms with Crippen LogP contribution in [-0.4, -0.2) is 44.2 Å². The zero-order valence-corrected chi connectivity index (χ0v) is 18.4. The van der Waals surface area contributed by atoms with Gasteiger partial charge in [0.2, 0.25) is 0 Å². The van der Waals surface area contributed by atoms with E-state index < -0.39 is 0 Å². The van der Waals surface area contributed by atoms with Crippen LogP contribution in [0.4, 0.5) is 11.5 Å². The molecule has 2 N–H and O–H groups in total. The van der Waals surface area contributed by atoms with Gasteiger partial charge in [0.05, 0.1) is 19.8 Å². The first kappa shape index (κ1) is 21.6. The van der Waals surface area contributed by atoms with Crippen molar-refractivity contribution in [2.75, 3.05) is 37.5 Å². The Bertz CT molecular complexity index is 1040. The summed E-state index contributed by atoms with van der Waals surface area (Å²) in [5, 5.41) is 6.49. The minimum absolute atomic E-state index is 0.163. The molecule has 1 aromatic heterocycles. The van der Waals surface area contributed by atoms with E-state index in [2.05, 4.69) is 20.5 Å². The Balaban J connectivity index is 1.32. The van der Waals surface area contributed by atoms with E-state index >= 15 is 0 Å². The van der Waals surface area contributed by atoms with Crippen LogP contribution >= 0.6 is 0 Å². The maximum absolute atomic E-state index is 12.4. The van der Waals surface area contributed by atoms with E-state index in [-0.39, 0.29) is 5.91 Å². The third-order valence-electron chi connectivity index (χ3n) is 5.62. The van der Waals surface area contributed by atoms with Crippen LogP contribution in [0.2, 0.25) is 0 Å². The van der Waals surface area contributed by atoms with Crippen molar-refractivity contribution in [3.05, 3.63) is 78.0 Å². The summed E-state index contributed by atoms with van der Waals surface area (Å²) in [7, 11) is 3.31. The van der Waals surface area contributed by atoms with Gasteiger partial charge in [-0.25, -0.2) is 4.98 Å². The number of carbonyl (C=O) groups is 1. The topological polar surface area (TPSA) is 75.7 Å². The number of benzene rings is 2. The molecule has 166 valence electrons. The molecule has 1 fully saturated rings. The number of rotatable bonds is 8. The zero-order chi connectivity index (χ0) is 22.3. The fraction of sp³-hybridized carbons (Fsp3) is 0.280. The third kappa shape index (κ3) is 5.00. The number of hydrogen-bond donors (Lipinski definition) is 2. The lowest BCUT2D eigenvalue weighted by Crippen LogP contribution is -2.32. The summed E-state index contributed by atoms with van der Waals surface area (Å²) in [4.78, 5) is 19.2. The van der Waals surface area contributed by atoms with Gasteiger partial charge in [-0.3, -0.25) is 4.79 Å². The average Bonchev–Trinajstić information content (AvgIpc) is 3.32. The fourth-order valence-electron chi connectivity index (χ4n) is 3.91. The van der Waals surface area contributed by atoms with E-state index in [1.807, 2.05) is 60.7 Å². The number of hydrogen-bond acceptors (Lipinski definition) is 6. The summed E-state index contributed by atoms with van der Waals surface area (Å²) in [6, 6.07) is 19.4. The van der Waals surface area contributed by atoms with Crippen LogP contribution in [0.25, 0.3) is 0 Å². The number of aromatic nitrogens is 1. The number of nitrogens with zero attached hydrogens (tertiary/aromatic N) is 2. The van der Waals surface area contributed by atoms with E-state index in [1.165, 1.54) is 0 Å². The van der Waals surface area contributed by atoms with Gasteiger partial charge in [-0.1, -0.05) is 30.3 Å². The molecule has 4 rings (SSSR count). The van der Waals surface area contributed by atoms with Crippen LogP contribution in [0.1, 0.15) is 22.3 Å². The van der Waals surface area contributed by atoms with Gasteiger partial charge in [-0.05, 0) is 36.8 Å². The molecule has 32 heavy (non-hydrogen) atoms. The Kier molecular flexibility index (Phi) is 6.87. The van der Waals surface area contributed by atoms with Crippen molar-refractivity contribution < 1.29 is 14.3 Å². The summed E-state index contributed by atoms with van der Waals surface area (Å²) in [6.07, 6.45) is 2.65. The molecule has 0 bridgehead atoms. The van der Waals surface area contributed by atoms with Crippen LogP contribution in [0.3, 0.4) is 0 Å². The molecule has 0 radical (unpaired) electrons. The van der Waals surface area contributed by atoms with E-state index in [0.717, 1.165) is 48.1 Å². The highest BCUT2D eigenvalue weighted by Crippen LogP contribution is 2.30. The normalized spacial score (nSPS) is 15.4. The average molecular weight is 433 g/mol. The van der Waals surface area contributed by atoms with Crippen molar-refractivity contribution in [2.24, 2.45) is 0 Å². The summed E-state index contributed by atoms with van der Waals surface area (Å²) in [5.41, 5.74) is 2.37. The van der Waals surface area contributed by atoms with Gasteiger partial charge < -0.3 is 25.0 Å². The molecule has 0 spiro atoms. The molecule has 2 aromatic carbocycles. The Morgan fingerprint density at radius 2 is 1.91 bits per heavy atom. The lowest BCUT2D eigenvalue weighted by atomic mass is 10.1. The van der Waals surface area contributed by atoms with Crippen LogP contribution in [0.15, 0.2) is 66.9 Å². The third-order valence-corrected chi connectivity index (χ3v) is 5.62. The van der Waals surface area contributed by atoms with Gasteiger partial charge in [0.1, 0.15) is 5.82 Å². The molecule has 3 aromatic rings. The van der Waals surface area contributed by atoms with Crippen LogP contribution in [0, 0.1) is 0 Å². The molecule has 1 aliphatic heterocycles. The number of methoxy groups -OCH3 is 2. The zero-order valence-electron chi connectivity index (χ0n) is 18.4. The Hall–Kier alpha value is -3.58. The van der Waals surface area contributed by atoms with Crippen molar-refractivity contribution in [3.63, 3.8) is 0 Å². The van der Waals surface area contributed by atoms with Crippen molar-refractivity contribution >= 4 is 17.4 Å². The summed E-state index contributed by atoms with van der Waals surface area (Å²) >= 11 is 0. The Labute approximate surface area is 188 Å². The molecule has 0 aliphatic carbocycles. The maximum Gasteiger partial charge on any atom is 0.257 e. The number of carbonyl (C=O) groups excluding carboxylic acids is 1. The van der Waals surface area contributed by atoms with E-state index in [0.29, 0.717) is 18.2 Å². The minimum Gasteiger partial charge on any atom is -0.493 e. The summed E-state index contributed by atoms with van der Waals surface area (Å²) < 4.78 is 10.9. The Morgan fingerprint density at radius 3 is 2.62 bits per heavy atom. The van der Waals surface area contributed by atoms with Crippen LogP contribution < -0.4 is 25.0 Å². The highest BCUT2D eigenvalue weighted by atomic mass is 16.5. The smallest absolute Gasteiger partial charge is 0.257 e. The number of amides is 1. The second-order valence-corrected chi connectivity index (χ2v) is 7.69. The molecule has 1 saturated heterocycles. The second-order valence-electron chi connectivity index (χ2n) is 7.69. The Morgan fingerprint density at radius 1 is 1.06 bits per heavy atom. The van der Waals surface area contributed by atoms with Gasteiger partial charge >= 0.3 is 0 Å². The predicted molar refractivity (Wildman–Crippen MR) is 126 cm³/mol. The van der Waals surface area contributed by atoms with E-state index in [4.69, 9.17) is 9.47 Å². The molecule has 7 nitrogen and oxygen atoms in total. The highest BCUT2D eigenvalue weighted by Gasteiger charge is 2.24. The highest BCUT2D eigenvalue weighted by molar-refractivity contribution is 6.04. The van der Waals surface area contributed by atoms with Gasteiger partial charge in [0, 0.05) is 43.1 Å². The second kappa shape index (κ2) is 10.2. The number of nitrogens with one attached hydrogen (secondary N) is 2.